The molecule has 1 N–H and O–H groups in total. The van der Waals surface area contributed by atoms with Crippen molar-refractivity contribution in [3.05, 3.63) is 63.1 Å². The Labute approximate surface area is 161 Å². The van der Waals surface area contributed by atoms with Crippen LogP contribution in [0.1, 0.15) is 26.3 Å². The number of halogens is 2. The van der Waals surface area contributed by atoms with Crippen LogP contribution in [0.3, 0.4) is 0 Å². The largest absolute Gasteiger partial charge is 0.507 e. The van der Waals surface area contributed by atoms with E-state index in [0.717, 1.165) is 5.56 Å². The molecule has 1 heterocycles. The fraction of sp³-hybridized carbons (Fsp3) is 0.263. The lowest BCUT2D eigenvalue weighted by atomic mass is 10.1. The van der Waals surface area contributed by atoms with Crippen molar-refractivity contribution >= 4 is 35.0 Å². The molecule has 1 aliphatic heterocycles. The van der Waals surface area contributed by atoms with Gasteiger partial charge in [0.25, 0.3) is 11.8 Å². The van der Waals surface area contributed by atoms with Gasteiger partial charge in [-0.15, -0.1) is 0 Å². The van der Waals surface area contributed by atoms with Gasteiger partial charge in [-0.25, -0.2) is 0 Å². The van der Waals surface area contributed by atoms with Crippen molar-refractivity contribution in [1.29, 1.82) is 0 Å². The zero-order valence-corrected chi connectivity index (χ0v) is 15.7. The fourth-order valence-corrected chi connectivity index (χ4v) is 3.33. The van der Waals surface area contributed by atoms with Crippen molar-refractivity contribution in [2.75, 3.05) is 26.2 Å². The van der Waals surface area contributed by atoms with Gasteiger partial charge in [0.05, 0.1) is 21.2 Å². The van der Waals surface area contributed by atoms with Gasteiger partial charge in [-0.05, 0) is 36.8 Å². The Balaban J connectivity index is 1.68. The predicted molar refractivity (Wildman–Crippen MR) is 101 cm³/mol. The summed E-state index contributed by atoms with van der Waals surface area (Å²) < 4.78 is 0. The van der Waals surface area contributed by atoms with E-state index in [1.807, 2.05) is 6.92 Å². The van der Waals surface area contributed by atoms with Gasteiger partial charge in [0.15, 0.2) is 0 Å². The minimum Gasteiger partial charge on any atom is -0.507 e. The highest BCUT2D eigenvalue weighted by molar-refractivity contribution is 6.43. The smallest absolute Gasteiger partial charge is 0.257 e. The van der Waals surface area contributed by atoms with E-state index in [4.69, 9.17) is 23.2 Å². The van der Waals surface area contributed by atoms with Crippen LogP contribution in [-0.2, 0) is 0 Å². The van der Waals surface area contributed by atoms with Gasteiger partial charge in [-0.2, -0.15) is 0 Å². The van der Waals surface area contributed by atoms with E-state index < -0.39 is 0 Å². The Kier molecular flexibility index (Phi) is 5.39. The molecule has 0 spiro atoms. The highest BCUT2D eigenvalue weighted by Gasteiger charge is 2.27. The van der Waals surface area contributed by atoms with Crippen molar-refractivity contribution in [3.8, 4) is 5.75 Å². The molecule has 5 nitrogen and oxygen atoms in total. The van der Waals surface area contributed by atoms with Gasteiger partial charge < -0.3 is 14.9 Å². The molecule has 2 amide bonds. The molecule has 0 aromatic heterocycles. The number of aryl methyl sites for hydroxylation is 1. The summed E-state index contributed by atoms with van der Waals surface area (Å²) in [5, 5.41) is 10.6. The molecule has 1 saturated heterocycles. The standard InChI is InChI=1S/C19H18Cl2N2O3/c1-12-5-6-13(16(24)11-12)18(25)22-7-9-23(10-8-22)19(26)14-3-2-4-15(20)17(14)21/h2-6,11,24H,7-10H2,1H3. The van der Waals surface area contributed by atoms with Crippen LogP contribution in [0.5, 0.6) is 5.75 Å². The lowest BCUT2D eigenvalue weighted by Crippen LogP contribution is -2.50. The first-order chi connectivity index (χ1) is 12.4. The van der Waals surface area contributed by atoms with E-state index in [1.165, 1.54) is 0 Å². The van der Waals surface area contributed by atoms with Crippen LogP contribution in [0.4, 0.5) is 0 Å². The number of carbonyl (C=O) groups is 2. The number of nitrogens with zero attached hydrogens (tertiary/aromatic N) is 2. The molecule has 0 saturated carbocycles. The monoisotopic (exact) mass is 392 g/mol. The van der Waals surface area contributed by atoms with Crippen LogP contribution in [0.25, 0.3) is 0 Å². The average molecular weight is 393 g/mol. The molecular formula is C19H18Cl2N2O3. The number of rotatable bonds is 2. The molecule has 1 fully saturated rings. The molecule has 3 rings (SSSR count). The summed E-state index contributed by atoms with van der Waals surface area (Å²) in [6.45, 7) is 3.39. The number of phenolic OH excluding ortho intramolecular Hbond substituents is 1. The molecule has 136 valence electrons. The van der Waals surface area contributed by atoms with E-state index in [1.54, 1.807) is 46.2 Å². The number of aromatic hydroxyl groups is 1. The number of amides is 2. The molecule has 0 bridgehead atoms. The molecule has 0 radical (unpaired) electrons. The number of benzene rings is 2. The molecule has 2 aromatic rings. The summed E-state index contributed by atoms with van der Waals surface area (Å²) in [6.07, 6.45) is 0. The minimum atomic E-state index is -0.240. The fourth-order valence-electron chi connectivity index (χ4n) is 2.94. The van der Waals surface area contributed by atoms with Crippen molar-refractivity contribution in [3.63, 3.8) is 0 Å². The Morgan fingerprint density at radius 3 is 2.08 bits per heavy atom. The summed E-state index contributed by atoms with van der Waals surface area (Å²) in [5.41, 5.74) is 1.51. The quantitative estimate of drug-likeness (QED) is 0.848. The minimum absolute atomic E-state index is 0.0285. The maximum absolute atomic E-state index is 12.7. The van der Waals surface area contributed by atoms with Gasteiger partial charge >= 0.3 is 0 Å². The Morgan fingerprint density at radius 2 is 1.50 bits per heavy atom. The number of carbonyl (C=O) groups excluding carboxylic acids is 2. The van der Waals surface area contributed by atoms with Gasteiger partial charge in [0, 0.05) is 26.2 Å². The topological polar surface area (TPSA) is 60.9 Å². The number of phenols is 1. The van der Waals surface area contributed by atoms with E-state index in [2.05, 4.69) is 0 Å². The summed E-state index contributed by atoms with van der Waals surface area (Å²) >= 11 is 12.1. The summed E-state index contributed by atoms with van der Waals surface area (Å²) in [5.74, 6) is -0.475. The van der Waals surface area contributed by atoms with E-state index >= 15 is 0 Å². The Hall–Kier alpha value is -2.24. The van der Waals surface area contributed by atoms with Gasteiger partial charge in [-0.1, -0.05) is 35.3 Å². The molecule has 0 aliphatic carbocycles. The lowest BCUT2D eigenvalue weighted by Gasteiger charge is -2.35. The normalized spacial score (nSPS) is 14.4. The Morgan fingerprint density at radius 1 is 0.923 bits per heavy atom. The molecule has 26 heavy (non-hydrogen) atoms. The third-order valence-corrected chi connectivity index (χ3v) is 5.24. The van der Waals surface area contributed by atoms with Gasteiger partial charge in [0.2, 0.25) is 0 Å². The van der Waals surface area contributed by atoms with E-state index in [-0.39, 0.29) is 28.1 Å². The molecule has 0 unspecified atom stereocenters. The lowest BCUT2D eigenvalue weighted by molar-refractivity contribution is 0.0533. The van der Waals surface area contributed by atoms with Crippen LogP contribution in [0.2, 0.25) is 10.0 Å². The van der Waals surface area contributed by atoms with E-state index in [9.17, 15) is 14.7 Å². The van der Waals surface area contributed by atoms with Crippen LogP contribution in [0.15, 0.2) is 36.4 Å². The molecule has 2 aromatic carbocycles. The van der Waals surface area contributed by atoms with Crippen LogP contribution in [0, 0.1) is 6.92 Å². The predicted octanol–water partition coefficient (Wildman–Crippen LogP) is 3.61. The van der Waals surface area contributed by atoms with Crippen LogP contribution in [-0.4, -0.2) is 52.9 Å². The van der Waals surface area contributed by atoms with Gasteiger partial charge in [0.1, 0.15) is 5.75 Å². The van der Waals surface area contributed by atoms with Crippen LogP contribution < -0.4 is 0 Å². The molecule has 0 atom stereocenters. The van der Waals surface area contributed by atoms with Crippen molar-refractivity contribution in [1.82, 2.24) is 9.80 Å². The number of hydrogen-bond donors (Lipinski definition) is 1. The number of hydrogen-bond acceptors (Lipinski definition) is 3. The maximum atomic E-state index is 12.7. The van der Waals surface area contributed by atoms with Crippen molar-refractivity contribution in [2.45, 2.75) is 6.92 Å². The average Bonchev–Trinajstić information content (AvgIpc) is 2.63. The second-order valence-corrected chi connectivity index (χ2v) is 6.99. The molecular weight excluding hydrogens is 375 g/mol. The molecule has 7 heteroatoms. The summed E-state index contributed by atoms with van der Waals surface area (Å²) in [7, 11) is 0. The summed E-state index contributed by atoms with van der Waals surface area (Å²) in [6, 6.07) is 9.92. The Bertz CT molecular complexity index is 862. The first-order valence-corrected chi connectivity index (χ1v) is 8.96. The summed E-state index contributed by atoms with van der Waals surface area (Å²) in [4.78, 5) is 28.5. The first-order valence-electron chi connectivity index (χ1n) is 8.20. The molecule has 1 aliphatic rings. The SMILES string of the molecule is Cc1ccc(C(=O)N2CCN(C(=O)c3cccc(Cl)c3Cl)CC2)c(O)c1. The van der Waals surface area contributed by atoms with Crippen LogP contribution >= 0.6 is 23.2 Å². The second kappa shape index (κ2) is 7.56. The van der Waals surface area contributed by atoms with Crippen molar-refractivity contribution in [2.24, 2.45) is 0 Å². The van der Waals surface area contributed by atoms with E-state index in [0.29, 0.717) is 36.8 Å². The van der Waals surface area contributed by atoms with Crippen molar-refractivity contribution < 1.29 is 14.7 Å². The third-order valence-electron chi connectivity index (χ3n) is 4.42. The zero-order valence-electron chi connectivity index (χ0n) is 14.2. The second-order valence-electron chi connectivity index (χ2n) is 6.21. The highest BCUT2D eigenvalue weighted by atomic mass is 35.5. The number of piperazine rings is 1. The van der Waals surface area contributed by atoms with Gasteiger partial charge in [-0.3, -0.25) is 9.59 Å². The third kappa shape index (κ3) is 3.64. The first kappa shape index (κ1) is 18.5. The maximum Gasteiger partial charge on any atom is 0.257 e. The zero-order chi connectivity index (χ0) is 18.8. The highest BCUT2D eigenvalue weighted by Crippen LogP contribution is 2.27.